The summed E-state index contributed by atoms with van der Waals surface area (Å²) in [5.74, 6) is 0.191. The lowest BCUT2D eigenvalue weighted by atomic mass is 10.1. The molecule has 0 saturated carbocycles. The normalized spacial score (nSPS) is 15.2. The molecule has 0 fully saturated rings. The standard InChI is InChI=1S/C11H14BrNOS/c1-8(14)13-5-3-9-6-10(2-4-12)15-11(9)7-13/h6H,2-5,7H2,1H3. The highest BCUT2D eigenvalue weighted by Gasteiger charge is 2.20. The number of thiophene rings is 1. The Morgan fingerprint density at radius 3 is 3.13 bits per heavy atom. The molecule has 15 heavy (non-hydrogen) atoms. The number of alkyl halides is 1. The molecule has 1 amide bonds. The van der Waals surface area contributed by atoms with Crippen molar-refractivity contribution in [3.63, 3.8) is 0 Å². The number of amides is 1. The molecule has 1 aromatic rings. The molecular weight excluding hydrogens is 274 g/mol. The topological polar surface area (TPSA) is 20.3 Å². The Balaban J connectivity index is 2.15. The van der Waals surface area contributed by atoms with Gasteiger partial charge < -0.3 is 4.90 Å². The summed E-state index contributed by atoms with van der Waals surface area (Å²) >= 11 is 5.31. The summed E-state index contributed by atoms with van der Waals surface area (Å²) in [5, 5.41) is 1.02. The number of halogens is 1. The van der Waals surface area contributed by atoms with Crippen LogP contribution in [0.1, 0.15) is 22.2 Å². The van der Waals surface area contributed by atoms with Gasteiger partial charge in [0.2, 0.25) is 5.91 Å². The van der Waals surface area contributed by atoms with E-state index in [1.807, 2.05) is 16.2 Å². The molecule has 0 unspecified atom stereocenters. The molecule has 0 atom stereocenters. The third-order valence-electron chi connectivity index (χ3n) is 2.72. The van der Waals surface area contributed by atoms with E-state index in [0.717, 1.165) is 31.3 Å². The number of carbonyl (C=O) groups excluding carboxylic acids is 1. The highest BCUT2D eigenvalue weighted by molar-refractivity contribution is 9.09. The van der Waals surface area contributed by atoms with E-state index < -0.39 is 0 Å². The quantitative estimate of drug-likeness (QED) is 0.766. The van der Waals surface area contributed by atoms with Crippen LogP contribution >= 0.6 is 27.3 Å². The van der Waals surface area contributed by atoms with Crippen LogP contribution in [0.15, 0.2) is 6.07 Å². The second kappa shape index (κ2) is 4.66. The minimum absolute atomic E-state index is 0.191. The molecule has 0 bridgehead atoms. The van der Waals surface area contributed by atoms with E-state index >= 15 is 0 Å². The number of hydrogen-bond acceptors (Lipinski definition) is 2. The third kappa shape index (κ3) is 2.42. The molecule has 4 heteroatoms. The number of fused-ring (bicyclic) bond motifs is 1. The molecule has 82 valence electrons. The van der Waals surface area contributed by atoms with E-state index in [0.29, 0.717) is 0 Å². The molecule has 0 aliphatic carbocycles. The highest BCUT2D eigenvalue weighted by atomic mass is 79.9. The fourth-order valence-corrected chi connectivity index (χ4v) is 3.79. The molecule has 2 heterocycles. The summed E-state index contributed by atoms with van der Waals surface area (Å²) in [4.78, 5) is 16.0. The Kier molecular flexibility index (Phi) is 3.46. The molecule has 1 aliphatic rings. The number of rotatable bonds is 2. The summed E-state index contributed by atoms with van der Waals surface area (Å²) in [7, 11) is 0. The SMILES string of the molecule is CC(=O)N1CCc2cc(CCBr)sc2C1. The van der Waals surface area contributed by atoms with Crippen LogP contribution in [-0.4, -0.2) is 22.7 Å². The number of aryl methyl sites for hydroxylation is 1. The lowest BCUT2D eigenvalue weighted by Gasteiger charge is -2.25. The predicted molar refractivity (Wildman–Crippen MR) is 66.6 cm³/mol. The van der Waals surface area contributed by atoms with Crippen LogP contribution in [0.4, 0.5) is 0 Å². The van der Waals surface area contributed by atoms with Crippen LogP contribution in [0.5, 0.6) is 0 Å². The van der Waals surface area contributed by atoms with Crippen LogP contribution in [-0.2, 0) is 24.2 Å². The monoisotopic (exact) mass is 287 g/mol. The Labute approximate surface area is 102 Å². The minimum atomic E-state index is 0.191. The maximum absolute atomic E-state index is 11.3. The average Bonchev–Trinajstić information content (AvgIpc) is 2.59. The van der Waals surface area contributed by atoms with Crippen molar-refractivity contribution in [1.82, 2.24) is 4.90 Å². The van der Waals surface area contributed by atoms with Crippen LogP contribution in [0.25, 0.3) is 0 Å². The molecule has 0 N–H and O–H groups in total. The van der Waals surface area contributed by atoms with Gasteiger partial charge in [-0.2, -0.15) is 0 Å². The van der Waals surface area contributed by atoms with Crippen molar-refractivity contribution in [3.05, 3.63) is 21.4 Å². The lowest BCUT2D eigenvalue weighted by Crippen LogP contribution is -2.33. The Bertz CT molecular complexity index is 375. The van der Waals surface area contributed by atoms with E-state index in [9.17, 15) is 4.79 Å². The van der Waals surface area contributed by atoms with Gasteiger partial charge in [-0.3, -0.25) is 4.79 Å². The first-order chi connectivity index (χ1) is 7.20. The van der Waals surface area contributed by atoms with Gasteiger partial charge >= 0.3 is 0 Å². The molecule has 1 aliphatic heterocycles. The fraction of sp³-hybridized carbons (Fsp3) is 0.545. The highest BCUT2D eigenvalue weighted by Crippen LogP contribution is 2.28. The molecular formula is C11H14BrNOS. The van der Waals surface area contributed by atoms with Gasteiger partial charge in [0.25, 0.3) is 0 Å². The second-order valence-electron chi connectivity index (χ2n) is 3.79. The summed E-state index contributed by atoms with van der Waals surface area (Å²) in [6.45, 7) is 3.35. The first-order valence-electron chi connectivity index (χ1n) is 5.12. The van der Waals surface area contributed by atoms with Gasteiger partial charge in [0.15, 0.2) is 0 Å². The fourth-order valence-electron chi connectivity index (χ4n) is 1.87. The molecule has 0 aromatic carbocycles. The predicted octanol–water partition coefficient (Wildman–Crippen LogP) is 2.59. The van der Waals surface area contributed by atoms with Crippen LogP contribution in [0.3, 0.4) is 0 Å². The van der Waals surface area contributed by atoms with Crippen molar-refractivity contribution in [1.29, 1.82) is 0 Å². The van der Waals surface area contributed by atoms with Gasteiger partial charge in [0.1, 0.15) is 0 Å². The third-order valence-corrected chi connectivity index (χ3v) is 4.34. The van der Waals surface area contributed by atoms with E-state index in [-0.39, 0.29) is 5.91 Å². The zero-order valence-corrected chi connectivity index (χ0v) is 11.2. The summed E-state index contributed by atoms with van der Waals surface area (Å²) in [6, 6.07) is 2.30. The Hall–Kier alpha value is -0.350. The van der Waals surface area contributed by atoms with Crippen molar-refractivity contribution in [2.75, 3.05) is 11.9 Å². The van der Waals surface area contributed by atoms with Gasteiger partial charge in [-0.25, -0.2) is 0 Å². The molecule has 1 aromatic heterocycles. The largest absolute Gasteiger partial charge is 0.337 e. The Morgan fingerprint density at radius 2 is 2.47 bits per heavy atom. The van der Waals surface area contributed by atoms with Gasteiger partial charge in [-0.1, -0.05) is 15.9 Å². The smallest absolute Gasteiger partial charge is 0.219 e. The van der Waals surface area contributed by atoms with Gasteiger partial charge in [-0.15, -0.1) is 11.3 Å². The molecule has 2 nitrogen and oxygen atoms in total. The van der Waals surface area contributed by atoms with E-state index in [2.05, 4.69) is 22.0 Å². The maximum Gasteiger partial charge on any atom is 0.219 e. The van der Waals surface area contributed by atoms with Crippen molar-refractivity contribution >= 4 is 33.2 Å². The minimum Gasteiger partial charge on any atom is -0.337 e. The molecule has 0 radical (unpaired) electrons. The van der Waals surface area contributed by atoms with Crippen LogP contribution < -0.4 is 0 Å². The van der Waals surface area contributed by atoms with E-state index in [1.165, 1.54) is 15.3 Å². The van der Waals surface area contributed by atoms with Crippen molar-refractivity contribution in [2.24, 2.45) is 0 Å². The second-order valence-corrected chi connectivity index (χ2v) is 5.80. The zero-order valence-electron chi connectivity index (χ0n) is 8.75. The zero-order chi connectivity index (χ0) is 10.8. The summed E-state index contributed by atoms with van der Waals surface area (Å²) in [6.07, 6.45) is 2.12. The maximum atomic E-state index is 11.3. The number of hydrogen-bond donors (Lipinski definition) is 0. The number of nitrogens with zero attached hydrogens (tertiary/aromatic N) is 1. The average molecular weight is 288 g/mol. The van der Waals surface area contributed by atoms with E-state index in [4.69, 9.17) is 0 Å². The first kappa shape index (κ1) is 11.1. The first-order valence-corrected chi connectivity index (χ1v) is 7.06. The van der Waals surface area contributed by atoms with Gasteiger partial charge in [0.05, 0.1) is 6.54 Å². The van der Waals surface area contributed by atoms with Crippen LogP contribution in [0.2, 0.25) is 0 Å². The van der Waals surface area contributed by atoms with Crippen molar-refractivity contribution < 1.29 is 4.79 Å². The van der Waals surface area contributed by atoms with Crippen LogP contribution in [0, 0.1) is 0 Å². The molecule has 0 spiro atoms. The summed E-state index contributed by atoms with van der Waals surface area (Å²) in [5.41, 5.74) is 1.45. The lowest BCUT2D eigenvalue weighted by molar-refractivity contribution is -0.129. The van der Waals surface area contributed by atoms with Crippen molar-refractivity contribution in [3.8, 4) is 0 Å². The Morgan fingerprint density at radius 1 is 1.67 bits per heavy atom. The van der Waals surface area contributed by atoms with Gasteiger partial charge in [0, 0.05) is 28.6 Å². The molecule has 0 saturated heterocycles. The van der Waals surface area contributed by atoms with Gasteiger partial charge in [-0.05, 0) is 24.5 Å². The summed E-state index contributed by atoms with van der Waals surface area (Å²) < 4.78 is 0. The molecule has 2 rings (SSSR count). The van der Waals surface area contributed by atoms with Crippen molar-refractivity contribution in [2.45, 2.75) is 26.3 Å². The van der Waals surface area contributed by atoms with E-state index in [1.54, 1.807) is 6.92 Å². The number of carbonyl (C=O) groups is 1.